The van der Waals surface area contributed by atoms with Crippen LogP contribution >= 0.6 is 0 Å². The first kappa shape index (κ1) is 16.7. The van der Waals surface area contributed by atoms with Crippen LogP contribution in [0.3, 0.4) is 0 Å². The Morgan fingerprint density at radius 3 is 2.71 bits per heavy atom. The molecule has 24 heavy (non-hydrogen) atoms. The van der Waals surface area contributed by atoms with Crippen molar-refractivity contribution in [1.29, 1.82) is 0 Å². The van der Waals surface area contributed by atoms with Crippen molar-refractivity contribution in [2.75, 3.05) is 19.8 Å². The Bertz CT molecular complexity index is 702. The number of hydrogen-bond acceptors (Lipinski definition) is 4. The van der Waals surface area contributed by atoms with Crippen LogP contribution in [0.2, 0.25) is 0 Å². The molecule has 2 atom stereocenters. The van der Waals surface area contributed by atoms with Gasteiger partial charge in [0.15, 0.2) is 0 Å². The summed E-state index contributed by atoms with van der Waals surface area (Å²) in [6.07, 6.45) is 0. The highest BCUT2D eigenvalue weighted by atomic mass is 16.5. The Morgan fingerprint density at radius 1 is 1.38 bits per heavy atom. The lowest BCUT2D eigenvalue weighted by atomic mass is 10.1. The molecule has 3 rings (SSSR count). The first-order chi connectivity index (χ1) is 11.5. The molecule has 1 amide bonds. The van der Waals surface area contributed by atoms with Crippen LogP contribution in [-0.2, 0) is 9.53 Å². The van der Waals surface area contributed by atoms with Crippen molar-refractivity contribution < 1.29 is 9.53 Å². The number of nitrogens with zero attached hydrogens (tertiary/aromatic N) is 2. The Kier molecular flexibility index (Phi) is 4.97. The predicted octanol–water partition coefficient (Wildman–Crippen LogP) is 1.65. The van der Waals surface area contributed by atoms with Crippen molar-refractivity contribution in [3.05, 3.63) is 47.3 Å². The third-order valence-electron chi connectivity index (χ3n) is 4.24. The Balaban J connectivity index is 1.66. The maximum Gasteiger partial charge on any atom is 0.240 e. The second-order valence-corrected chi connectivity index (χ2v) is 6.24. The quantitative estimate of drug-likeness (QED) is 0.896. The number of carbonyl (C=O) groups is 1. The monoisotopic (exact) mass is 328 g/mol. The normalized spacial score (nSPS) is 19.0. The topological polar surface area (TPSA) is 68.2 Å². The van der Waals surface area contributed by atoms with Gasteiger partial charge in [0.05, 0.1) is 30.6 Å². The highest BCUT2D eigenvalue weighted by molar-refractivity contribution is 5.82. The average molecular weight is 328 g/mol. The summed E-state index contributed by atoms with van der Waals surface area (Å²) in [6.45, 7) is 7.81. The highest BCUT2D eigenvalue weighted by Crippen LogP contribution is 2.17. The third kappa shape index (κ3) is 3.66. The lowest BCUT2D eigenvalue weighted by Crippen LogP contribution is -2.51. The van der Waals surface area contributed by atoms with Crippen LogP contribution in [0, 0.1) is 13.8 Å². The van der Waals surface area contributed by atoms with Crippen molar-refractivity contribution >= 4 is 5.91 Å². The summed E-state index contributed by atoms with van der Waals surface area (Å²) < 4.78 is 7.26. The summed E-state index contributed by atoms with van der Waals surface area (Å²) in [4.78, 5) is 12.2. The average Bonchev–Trinajstić information content (AvgIpc) is 2.94. The molecule has 6 nitrogen and oxygen atoms in total. The molecular weight excluding hydrogens is 304 g/mol. The smallest absolute Gasteiger partial charge is 0.240 e. The molecule has 0 bridgehead atoms. The first-order valence-electron chi connectivity index (χ1n) is 8.29. The molecule has 0 aliphatic carbocycles. The van der Waals surface area contributed by atoms with Crippen LogP contribution in [-0.4, -0.2) is 41.5 Å². The first-order valence-corrected chi connectivity index (χ1v) is 8.29. The molecule has 1 fully saturated rings. The molecule has 1 aromatic heterocycles. The second kappa shape index (κ2) is 7.15. The molecule has 6 heteroatoms. The van der Waals surface area contributed by atoms with Gasteiger partial charge in [-0.25, -0.2) is 4.68 Å². The summed E-state index contributed by atoms with van der Waals surface area (Å²) in [5.74, 6) is -0.0233. The predicted molar refractivity (Wildman–Crippen MR) is 92.2 cm³/mol. The van der Waals surface area contributed by atoms with Gasteiger partial charge in [-0.15, -0.1) is 0 Å². The molecule has 2 N–H and O–H groups in total. The lowest BCUT2D eigenvalue weighted by molar-refractivity contribution is -0.126. The van der Waals surface area contributed by atoms with Gasteiger partial charge in [-0.1, -0.05) is 12.1 Å². The number of carbonyl (C=O) groups excluding carboxylic acids is 1. The molecule has 128 valence electrons. The van der Waals surface area contributed by atoms with E-state index in [4.69, 9.17) is 4.74 Å². The van der Waals surface area contributed by atoms with Crippen molar-refractivity contribution in [2.24, 2.45) is 0 Å². The van der Waals surface area contributed by atoms with E-state index in [1.165, 1.54) is 0 Å². The van der Waals surface area contributed by atoms with Gasteiger partial charge in [0, 0.05) is 12.2 Å². The fourth-order valence-corrected chi connectivity index (χ4v) is 2.93. The zero-order chi connectivity index (χ0) is 17.1. The van der Waals surface area contributed by atoms with Gasteiger partial charge in [-0.3, -0.25) is 4.79 Å². The van der Waals surface area contributed by atoms with Gasteiger partial charge in [0.2, 0.25) is 5.91 Å². The number of aryl methyl sites for hydroxylation is 2. The minimum absolute atomic E-state index is 0.0233. The van der Waals surface area contributed by atoms with Crippen LogP contribution in [0.15, 0.2) is 30.3 Å². The maximum absolute atomic E-state index is 12.2. The number of aromatic nitrogens is 2. The van der Waals surface area contributed by atoms with E-state index < -0.39 is 0 Å². The fourth-order valence-electron chi connectivity index (χ4n) is 2.93. The number of rotatable bonds is 4. The molecule has 0 spiro atoms. The van der Waals surface area contributed by atoms with Crippen molar-refractivity contribution in [1.82, 2.24) is 20.4 Å². The molecular formula is C18H24N4O2. The SMILES string of the molecule is Cc1cc(C)n(-c2ccc(C(C)NC(=O)C3COCCN3)cc2)n1. The van der Waals surface area contributed by atoms with Gasteiger partial charge in [0.25, 0.3) is 0 Å². The van der Waals surface area contributed by atoms with Crippen LogP contribution in [0.5, 0.6) is 0 Å². The summed E-state index contributed by atoms with van der Waals surface area (Å²) in [7, 11) is 0. The second-order valence-electron chi connectivity index (χ2n) is 6.24. The molecule has 2 aromatic rings. The van der Waals surface area contributed by atoms with Gasteiger partial charge in [0.1, 0.15) is 6.04 Å². The van der Waals surface area contributed by atoms with Gasteiger partial charge in [-0.2, -0.15) is 5.10 Å². The third-order valence-corrected chi connectivity index (χ3v) is 4.24. The van der Waals surface area contributed by atoms with Crippen molar-refractivity contribution in [3.8, 4) is 5.69 Å². The Labute approximate surface area is 142 Å². The lowest BCUT2D eigenvalue weighted by Gasteiger charge is -2.25. The van der Waals surface area contributed by atoms with Crippen LogP contribution in [0.1, 0.15) is 29.9 Å². The van der Waals surface area contributed by atoms with Crippen molar-refractivity contribution in [2.45, 2.75) is 32.9 Å². The summed E-state index contributed by atoms with van der Waals surface area (Å²) in [6, 6.07) is 9.84. The molecule has 2 unspecified atom stereocenters. The van der Waals surface area contributed by atoms with Crippen LogP contribution < -0.4 is 10.6 Å². The number of nitrogens with one attached hydrogen (secondary N) is 2. The summed E-state index contributed by atoms with van der Waals surface area (Å²) in [5.41, 5.74) is 4.18. The zero-order valence-corrected chi connectivity index (χ0v) is 14.4. The number of hydrogen-bond donors (Lipinski definition) is 2. The molecule has 1 aliphatic heterocycles. The number of ether oxygens (including phenoxy) is 1. The summed E-state index contributed by atoms with van der Waals surface area (Å²) in [5, 5.41) is 10.7. The fraction of sp³-hybridized carbons (Fsp3) is 0.444. The Morgan fingerprint density at radius 2 is 2.12 bits per heavy atom. The van der Waals surface area contributed by atoms with Gasteiger partial charge < -0.3 is 15.4 Å². The molecule has 0 radical (unpaired) electrons. The van der Waals surface area contributed by atoms with Gasteiger partial charge in [-0.05, 0) is 44.5 Å². The van der Waals surface area contributed by atoms with E-state index >= 15 is 0 Å². The number of benzene rings is 1. The van der Waals surface area contributed by atoms with E-state index in [2.05, 4.69) is 21.8 Å². The van der Waals surface area contributed by atoms with Crippen LogP contribution in [0.25, 0.3) is 5.69 Å². The summed E-state index contributed by atoms with van der Waals surface area (Å²) >= 11 is 0. The van der Waals surface area contributed by atoms with Crippen molar-refractivity contribution in [3.63, 3.8) is 0 Å². The van der Waals surface area contributed by atoms with E-state index in [9.17, 15) is 4.79 Å². The van der Waals surface area contributed by atoms with E-state index in [0.29, 0.717) is 19.8 Å². The molecule has 1 aromatic carbocycles. The Hall–Kier alpha value is -2.18. The molecule has 1 saturated heterocycles. The zero-order valence-electron chi connectivity index (χ0n) is 14.4. The standard InChI is InChI=1S/C18H24N4O2/c1-12-10-13(2)22(21-12)16-6-4-15(5-7-16)14(3)20-18(23)17-11-24-9-8-19-17/h4-7,10,14,17,19H,8-9,11H2,1-3H3,(H,20,23). The van der Waals surface area contributed by atoms with E-state index in [0.717, 1.165) is 22.6 Å². The number of amides is 1. The van der Waals surface area contributed by atoms with E-state index in [1.807, 2.05) is 49.7 Å². The maximum atomic E-state index is 12.2. The van der Waals surface area contributed by atoms with Gasteiger partial charge >= 0.3 is 0 Å². The van der Waals surface area contributed by atoms with Crippen LogP contribution in [0.4, 0.5) is 0 Å². The molecule has 1 aliphatic rings. The highest BCUT2D eigenvalue weighted by Gasteiger charge is 2.22. The number of morpholine rings is 1. The minimum atomic E-state index is -0.268. The van der Waals surface area contributed by atoms with E-state index in [-0.39, 0.29) is 18.0 Å². The molecule has 0 saturated carbocycles. The van der Waals surface area contributed by atoms with E-state index in [1.54, 1.807) is 0 Å². The minimum Gasteiger partial charge on any atom is -0.378 e. The molecule has 2 heterocycles. The largest absolute Gasteiger partial charge is 0.378 e.